The zero-order valence-corrected chi connectivity index (χ0v) is 12.4. The summed E-state index contributed by atoms with van der Waals surface area (Å²) in [5.74, 6) is 5.09. The molecule has 112 valence electrons. The van der Waals surface area contributed by atoms with Crippen LogP contribution >= 0.6 is 0 Å². The second-order valence-electron chi connectivity index (χ2n) is 4.35. The monoisotopic (exact) mass is 288 g/mol. The Morgan fingerprint density at radius 3 is 2.81 bits per heavy atom. The number of nitrogens with one attached hydrogen (secondary N) is 1. The van der Waals surface area contributed by atoms with E-state index in [-0.39, 0.29) is 31.4 Å². The smallest absolute Gasteiger partial charge is 0.307 e. The van der Waals surface area contributed by atoms with Crippen LogP contribution in [0.15, 0.2) is 18.2 Å². The molecule has 0 unspecified atom stereocenters. The van der Waals surface area contributed by atoms with Gasteiger partial charge in [0.2, 0.25) is 0 Å². The fourth-order valence-corrected chi connectivity index (χ4v) is 1.70. The van der Waals surface area contributed by atoms with E-state index in [2.05, 4.69) is 17.2 Å². The van der Waals surface area contributed by atoms with E-state index >= 15 is 0 Å². The van der Waals surface area contributed by atoms with E-state index in [1.54, 1.807) is 13.0 Å². The van der Waals surface area contributed by atoms with Crippen molar-refractivity contribution in [2.45, 2.75) is 20.3 Å². The molecule has 0 fully saturated rings. The number of benzene rings is 1. The Bertz CT molecular complexity index is 571. The maximum Gasteiger partial charge on any atom is 0.307 e. The summed E-state index contributed by atoms with van der Waals surface area (Å²) < 4.78 is 4.80. The molecule has 0 saturated carbocycles. The molecule has 0 aliphatic rings. The average Bonchev–Trinajstić information content (AvgIpc) is 2.46. The zero-order valence-electron chi connectivity index (χ0n) is 12.4. The molecule has 1 aromatic carbocycles. The van der Waals surface area contributed by atoms with Crippen LogP contribution in [-0.2, 0) is 9.53 Å². The molecular formula is C16H20N2O3. The summed E-state index contributed by atoms with van der Waals surface area (Å²) in [6.07, 6.45) is 0.158. The van der Waals surface area contributed by atoms with Crippen LogP contribution in [0.5, 0.6) is 0 Å². The number of amides is 1. The standard InChI is InChI=1S/C16H20N2O3/c1-3-21-15(19)8-10-18-16(20)14-11-13(5-4-9-17)7-6-12(14)2/h6-7,11H,3,8-10,17H2,1-2H3,(H,18,20). The molecule has 1 rings (SSSR count). The third-order valence-electron chi connectivity index (χ3n) is 2.74. The molecule has 0 aliphatic heterocycles. The van der Waals surface area contributed by atoms with Gasteiger partial charge in [-0.2, -0.15) is 0 Å². The summed E-state index contributed by atoms with van der Waals surface area (Å²) in [6.45, 7) is 4.45. The summed E-state index contributed by atoms with van der Waals surface area (Å²) in [5.41, 5.74) is 7.46. The van der Waals surface area contributed by atoms with Crippen LogP contribution in [0.4, 0.5) is 0 Å². The molecule has 0 radical (unpaired) electrons. The van der Waals surface area contributed by atoms with Gasteiger partial charge in [0.25, 0.3) is 5.91 Å². The topological polar surface area (TPSA) is 81.4 Å². The van der Waals surface area contributed by atoms with Crippen molar-refractivity contribution in [3.05, 3.63) is 34.9 Å². The first-order valence-corrected chi connectivity index (χ1v) is 6.82. The molecule has 21 heavy (non-hydrogen) atoms. The molecular weight excluding hydrogens is 268 g/mol. The van der Waals surface area contributed by atoms with Crippen molar-refractivity contribution in [3.63, 3.8) is 0 Å². The van der Waals surface area contributed by atoms with Crippen LogP contribution in [0, 0.1) is 18.8 Å². The fraction of sp³-hybridized carbons (Fsp3) is 0.375. The van der Waals surface area contributed by atoms with Crippen LogP contribution < -0.4 is 11.1 Å². The fourth-order valence-electron chi connectivity index (χ4n) is 1.70. The van der Waals surface area contributed by atoms with Crippen molar-refractivity contribution >= 4 is 11.9 Å². The maximum atomic E-state index is 12.1. The van der Waals surface area contributed by atoms with Gasteiger partial charge < -0.3 is 15.8 Å². The first kappa shape index (κ1) is 16.7. The number of carbonyl (C=O) groups is 2. The minimum atomic E-state index is -0.322. The van der Waals surface area contributed by atoms with E-state index in [9.17, 15) is 9.59 Å². The summed E-state index contributed by atoms with van der Waals surface area (Å²) in [7, 11) is 0. The lowest BCUT2D eigenvalue weighted by Gasteiger charge is -2.08. The van der Waals surface area contributed by atoms with Crippen molar-refractivity contribution < 1.29 is 14.3 Å². The number of aryl methyl sites for hydroxylation is 1. The molecule has 0 aliphatic carbocycles. The highest BCUT2D eigenvalue weighted by molar-refractivity contribution is 5.96. The highest BCUT2D eigenvalue weighted by Crippen LogP contribution is 2.10. The van der Waals surface area contributed by atoms with Crippen molar-refractivity contribution in [2.24, 2.45) is 5.73 Å². The average molecular weight is 288 g/mol. The van der Waals surface area contributed by atoms with E-state index < -0.39 is 0 Å². The minimum Gasteiger partial charge on any atom is -0.466 e. The van der Waals surface area contributed by atoms with Gasteiger partial charge in [-0.25, -0.2) is 0 Å². The van der Waals surface area contributed by atoms with Crippen molar-refractivity contribution in [1.29, 1.82) is 0 Å². The Balaban J connectivity index is 2.67. The maximum absolute atomic E-state index is 12.1. The Morgan fingerprint density at radius 1 is 1.38 bits per heavy atom. The predicted octanol–water partition coefficient (Wildman–Crippen LogP) is 0.988. The molecule has 0 atom stereocenters. The highest BCUT2D eigenvalue weighted by atomic mass is 16.5. The van der Waals surface area contributed by atoms with E-state index in [1.807, 2.05) is 19.1 Å². The third-order valence-corrected chi connectivity index (χ3v) is 2.74. The Morgan fingerprint density at radius 2 is 2.14 bits per heavy atom. The molecule has 5 nitrogen and oxygen atoms in total. The van der Waals surface area contributed by atoms with Gasteiger partial charge in [-0.3, -0.25) is 9.59 Å². The molecule has 0 heterocycles. The molecule has 5 heteroatoms. The van der Waals surface area contributed by atoms with Gasteiger partial charge in [0.15, 0.2) is 0 Å². The summed E-state index contributed by atoms with van der Waals surface area (Å²) in [6, 6.07) is 5.39. The second kappa shape index (κ2) is 8.77. The van der Waals surface area contributed by atoms with Gasteiger partial charge in [0, 0.05) is 17.7 Å². The lowest BCUT2D eigenvalue weighted by molar-refractivity contribution is -0.142. The second-order valence-corrected chi connectivity index (χ2v) is 4.35. The van der Waals surface area contributed by atoms with Crippen LogP contribution in [0.2, 0.25) is 0 Å². The van der Waals surface area contributed by atoms with Gasteiger partial charge in [-0.15, -0.1) is 0 Å². The zero-order chi connectivity index (χ0) is 15.7. The summed E-state index contributed by atoms with van der Waals surface area (Å²) in [4.78, 5) is 23.3. The number of hydrogen-bond donors (Lipinski definition) is 2. The normalized spacial score (nSPS) is 9.48. The molecule has 0 spiro atoms. The Hall–Kier alpha value is -2.32. The quantitative estimate of drug-likeness (QED) is 0.625. The van der Waals surface area contributed by atoms with Gasteiger partial charge >= 0.3 is 5.97 Å². The largest absolute Gasteiger partial charge is 0.466 e. The van der Waals surface area contributed by atoms with Gasteiger partial charge in [-0.1, -0.05) is 17.9 Å². The van der Waals surface area contributed by atoms with Crippen molar-refractivity contribution in [3.8, 4) is 11.8 Å². The third kappa shape index (κ3) is 5.67. The van der Waals surface area contributed by atoms with E-state index in [0.717, 1.165) is 11.1 Å². The van der Waals surface area contributed by atoms with E-state index in [0.29, 0.717) is 12.2 Å². The Labute approximate surface area is 124 Å². The summed E-state index contributed by atoms with van der Waals surface area (Å²) >= 11 is 0. The number of nitrogens with two attached hydrogens (primary N) is 1. The first-order valence-electron chi connectivity index (χ1n) is 6.82. The SMILES string of the molecule is CCOC(=O)CCNC(=O)c1cc(C#CCN)ccc1C. The lowest BCUT2D eigenvalue weighted by atomic mass is 10.0. The van der Waals surface area contributed by atoms with Crippen molar-refractivity contribution in [2.75, 3.05) is 19.7 Å². The van der Waals surface area contributed by atoms with Crippen LogP contribution in [-0.4, -0.2) is 31.6 Å². The lowest BCUT2D eigenvalue weighted by Crippen LogP contribution is -2.27. The molecule has 3 N–H and O–H groups in total. The van der Waals surface area contributed by atoms with E-state index in [4.69, 9.17) is 10.5 Å². The number of esters is 1. The molecule has 0 aromatic heterocycles. The number of carbonyl (C=O) groups excluding carboxylic acids is 2. The Kier molecular flexibility index (Phi) is 6.99. The van der Waals surface area contributed by atoms with Gasteiger partial charge in [0.05, 0.1) is 19.6 Å². The van der Waals surface area contributed by atoms with Crippen LogP contribution in [0.1, 0.15) is 34.8 Å². The van der Waals surface area contributed by atoms with Gasteiger partial charge in [0.1, 0.15) is 0 Å². The van der Waals surface area contributed by atoms with E-state index in [1.165, 1.54) is 0 Å². The first-order chi connectivity index (χ1) is 10.1. The molecule has 1 aromatic rings. The van der Waals surface area contributed by atoms with Crippen LogP contribution in [0.3, 0.4) is 0 Å². The van der Waals surface area contributed by atoms with Crippen LogP contribution in [0.25, 0.3) is 0 Å². The molecule has 0 saturated heterocycles. The predicted molar refractivity (Wildman–Crippen MR) is 80.7 cm³/mol. The molecule has 1 amide bonds. The number of rotatable bonds is 5. The number of hydrogen-bond acceptors (Lipinski definition) is 4. The summed E-state index contributed by atoms with van der Waals surface area (Å²) in [5, 5.41) is 2.70. The number of ether oxygens (including phenoxy) is 1. The van der Waals surface area contributed by atoms with Gasteiger partial charge in [-0.05, 0) is 31.5 Å². The molecule has 0 bridgehead atoms. The highest BCUT2D eigenvalue weighted by Gasteiger charge is 2.10. The minimum absolute atomic E-state index is 0.158. The van der Waals surface area contributed by atoms with Crippen molar-refractivity contribution in [1.82, 2.24) is 5.32 Å².